The number of carbonyl (C=O) groups excluding carboxylic acids is 2. The standard InChI is InChI=1S/C16H23NO4/c1-11(18)20-14(15(19)21-16(2,3)4)13(17)10-12-8-6-5-7-9-12/h5-9,13-14H,10,17H2,1-4H3/t13-,14-/m0/s1. The first-order valence-corrected chi connectivity index (χ1v) is 6.88. The molecule has 0 unspecified atom stereocenters. The van der Waals surface area contributed by atoms with Gasteiger partial charge in [0, 0.05) is 6.92 Å². The molecule has 0 aliphatic rings. The molecule has 2 atom stereocenters. The van der Waals surface area contributed by atoms with Gasteiger partial charge < -0.3 is 15.2 Å². The van der Waals surface area contributed by atoms with Crippen LogP contribution in [-0.2, 0) is 25.5 Å². The lowest BCUT2D eigenvalue weighted by Crippen LogP contribution is -2.47. The SMILES string of the molecule is CC(=O)O[C@H](C(=O)OC(C)(C)C)[C@@H](N)Cc1ccccc1. The molecule has 0 fully saturated rings. The Morgan fingerprint density at radius 3 is 2.24 bits per heavy atom. The molecule has 0 amide bonds. The van der Waals surface area contributed by atoms with Crippen molar-refractivity contribution < 1.29 is 19.1 Å². The molecule has 1 aromatic rings. The Morgan fingerprint density at radius 2 is 1.76 bits per heavy atom. The lowest BCUT2D eigenvalue weighted by Gasteiger charge is -2.26. The van der Waals surface area contributed by atoms with Gasteiger partial charge in [-0.3, -0.25) is 4.79 Å². The summed E-state index contributed by atoms with van der Waals surface area (Å²) < 4.78 is 10.3. The van der Waals surface area contributed by atoms with Crippen molar-refractivity contribution in [1.82, 2.24) is 0 Å². The van der Waals surface area contributed by atoms with Gasteiger partial charge in [0.25, 0.3) is 0 Å². The van der Waals surface area contributed by atoms with Gasteiger partial charge >= 0.3 is 11.9 Å². The third-order valence-electron chi connectivity index (χ3n) is 2.64. The maximum atomic E-state index is 12.1. The van der Waals surface area contributed by atoms with Crippen molar-refractivity contribution in [2.75, 3.05) is 0 Å². The lowest BCUT2D eigenvalue weighted by atomic mass is 10.0. The largest absolute Gasteiger partial charge is 0.457 e. The average Bonchev–Trinajstić information content (AvgIpc) is 2.34. The van der Waals surface area contributed by atoms with E-state index in [4.69, 9.17) is 15.2 Å². The Labute approximate surface area is 125 Å². The molecule has 0 bridgehead atoms. The molecule has 0 heterocycles. The van der Waals surface area contributed by atoms with Crippen molar-refractivity contribution in [3.63, 3.8) is 0 Å². The molecule has 0 radical (unpaired) electrons. The summed E-state index contributed by atoms with van der Waals surface area (Å²) >= 11 is 0. The smallest absolute Gasteiger partial charge is 0.349 e. The van der Waals surface area contributed by atoms with Crippen LogP contribution >= 0.6 is 0 Å². The van der Waals surface area contributed by atoms with E-state index in [1.165, 1.54) is 6.92 Å². The quantitative estimate of drug-likeness (QED) is 0.838. The fraction of sp³-hybridized carbons (Fsp3) is 0.500. The summed E-state index contributed by atoms with van der Waals surface area (Å²) in [6, 6.07) is 8.81. The van der Waals surface area contributed by atoms with Crippen LogP contribution in [0.3, 0.4) is 0 Å². The Hall–Kier alpha value is -1.88. The Balaban J connectivity index is 2.81. The van der Waals surface area contributed by atoms with E-state index in [9.17, 15) is 9.59 Å². The molecule has 21 heavy (non-hydrogen) atoms. The van der Waals surface area contributed by atoms with Gasteiger partial charge in [0.2, 0.25) is 6.10 Å². The third-order valence-corrected chi connectivity index (χ3v) is 2.64. The number of esters is 2. The summed E-state index contributed by atoms with van der Waals surface area (Å²) in [7, 11) is 0. The van der Waals surface area contributed by atoms with Crippen LogP contribution in [0.5, 0.6) is 0 Å². The number of rotatable bonds is 5. The van der Waals surface area contributed by atoms with Crippen LogP contribution in [0.2, 0.25) is 0 Å². The van der Waals surface area contributed by atoms with Crippen LogP contribution in [0.25, 0.3) is 0 Å². The summed E-state index contributed by atoms with van der Waals surface area (Å²) in [4.78, 5) is 23.3. The van der Waals surface area contributed by atoms with E-state index < -0.39 is 29.7 Å². The first kappa shape index (κ1) is 17.2. The first-order chi connectivity index (χ1) is 9.69. The average molecular weight is 293 g/mol. The van der Waals surface area contributed by atoms with E-state index in [1.807, 2.05) is 30.3 Å². The second-order valence-electron chi connectivity index (χ2n) is 5.92. The topological polar surface area (TPSA) is 78.6 Å². The van der Waals surface area contributed by atoms with E-state index in [2.05, 4.69) is 0 Å². The zero-order valence-corrected chi connectivity index (χ0v) is 13.0. The van der Waals surface area contributed by atoms with E-state index >= 15 is 0 Å². The highest BCUT2D eigenvalue weighted by molar-refractivity contribution is 5.79. The van der Waals surface area contributed by atoms with Gasteiger partial charge in [-0.1, -0.05) is 30.3 Å². The zero-order valence-electron chi connectivity index (χ0n) is 13.0. The molecule has 1 aromatic carbocycles. The summed E-state index contributed by atoms with van der Waals surface area (Å²) in [5, 5.41) is 0. The van der Waals surface area contributed by atoms with Crippen molar-refractivity contribution in [3.8, 4) is 0 Å². The van der Waals surface area contributed by atoms with Crippen LogP contribution in [0.15, 0.2) is 30.3 Å². The summed E-state index contributed by atoms with van der Waals surface area (Å²) in [6.45, 7) is 6.49. The van der Waals surface area contributed by atoms with E-state index in [0.717, 1.165) is 5.56 Å². The molecule has 0 aromatic heterocycles. The van der Waals surface area contributed by atoms with E-state index in [-0.39, 0.29) is 0 Å². The predicted molar refractivity (Wildman–Crippen MR) is 79.5 cm³/mol. The van der Waals surface area contributed by atoms with Gasteiger partial charge in [0.15, 0.2) is 0 Å². The minimum Gasteiger partial charge on any atom is -0.457 e. The highest BCUT2D eigenvalue weighted by Crippen LogP contribution is 2.14. The number of benzene rings is 1. The molecule has 0 saturated heterocycles. The van der Waals surface area contributed by atoms with Gasteiger partial charge in [-0.05, 0) is 32.8 Å². The Kier molecular flexibility index (Phi) is 5.90. The maximum Gasteiger partial charge on any atom is 0.349 e. The number of ether oxygens (including phenoxy) is 2. The molecular formula is C16H23NO4. The van der Waals surface area contributed by atoms with Crippen molar-refractivity contribution in [2.45, 2.75) is 51.9 Å². The number of nitrogens with two attached hydrogens (primary N) is 1. The minimum absolute atomic E-state index is 0.415. The summed E-state index contributed by atoms with van der Waals surface area (Å²) in [5.41, 5.74) is 6.34. The van der Waals surface area contributed by atoms with Crippen LogP contribution in [0.4, 0.5) is 0 Å². The van der Waals surface area contributed by atoms with Crippen molar-refractivity contribution in [2.24, 2.45) is 5.73 Å². The molecule has 5 nitrogen and oxygen atoms in total. The molecule has 2 N–H and O–H groups in total. The highest BCUT2D eigenvalue weighted by atomic mass is 16.6. The van der Waals surface area contributed by atoms with Gasteiger partial charge in [0.05, 0.1) is 6.04 Å². The summed E-state index contributed by atoms with van der Waals surface area (Å²) in [6.07, 6.45) is -0.695. The number of hydrogen-bond donors (Lipinski definition) is 1. The highest BCUT2D eigenvalue weighted by Gasteiger charge is 2.33. The number of hydrogen-bond acceptors (Lipinski definition) is 5. The van der Waals surface area contributed by atoms with Gasteiger partial charge in [-0.15, -0.1) is 0 Å². The Bertz CT molecular complexity index is 479. The minimum atomic E-state index is -1.11. The molecule has 0 saturated carbocycles. The fourth-order valence-electron chi connectivity index (χ4n) is 1.84. The van der Waals surface area contributed by atoms with Crippen LogP contribution < -0.4 is 5.73 Å². The van der Waals surface area contributed by atoms with Crippen molar-refractivity contribution >= 4 is 11.9 Å². The molecule has 1 rings (SSSR count). The number of carbonyl (C=O) groups is 2. The molecule has 0 aliphatic heterocycles. The third kappa shape index (κ3) is 6.40. The Morgan fingerprint density at radius 1 is 1.19 bits per heavy atom. The maximum absolute atomic E-state index is 12.1. The van der Waals surface area contributed by atoms with Gasteiger partial charge in [-0.25, -0.2) is 4.79 Å². The molecule has 116 valence electrons. The first-order valence-electron chi connectivity index (χ1n) is 6.88. The second-order valence-corrected chi connectivity index (χ2v) is 5.92. The van der Waals surface area contributed by atoms with Crippen LogP contribution in [0, 0.1) is 0 Å². The monoisotopic (exact) mass is 293 g/mol. The second kappa shape index (κ2) is 7.22. The molecular weight excluding hydrogens is 270 g/mol. The predicted octanol–water partition coefficient (Wildman–Crippen LogP) is 1.83. The molecule has 0 spiro atoms. The van der Waals surface area contributed by atoms with Crippen LogP contribution in [-0.4, -0.2) is 29.7 Å². The normalized spacial score (nSPS) is 14.1. The van der Waals surface area contributed by atoms with Crippen molar-refractivity contribution in [3.05, 3.63) is 35.9 Å². The molecule has 0 aliphatic carbocycles. The van der Waals surface area contributed by atoms with E-state index in [0.29, 0.717) is 6.42 Å². The fourth-order valence-corrected chi connectivity index (χ4v) is 1.84. The zero-order chi connectivity index (χ0) is 16.0. The van der Waals surface area contributed by atoms with Crippen molar-refractivity contribution in [1.29, 1.82) is 0 Å². The van der Waals surface area contributed by atoms with Gasteiger partial charge in [0.1, 0.15) is 5.60 Å². The molecule has 5 heteroatoms. The van der Waals surface area contributed by atoms with E-state index in [1.54, 1.807) is 20.8 Å². The summed E-state index contributed by atoms with van der Waals surface area (Å²) in [5.74, 6) is -1.18. The lowest BCUT2D eigenvalue weighted by molar-refractivity contribution is -0.176. The van der Waals surface area contributed by atoms with Crippen LogP contribution in [0.1, 0.15) is 33.3 Å². The van der Waals surface area contributed by atoms with Gasteiger partial charge in [-0.2, -0.15) is 0 Å².